The van der Waals surface area contributed by atoms with E-state index in [0.29, 0.717) is 5.71 Å². The number of hydrazone groups is 1. The van der Waals surface area contributed by atoms with Crippen molar-refractivity contribution in [2.24, 2.45) is 5.10 Å². The summed E-state index contributed by atoms with van der Waals surface area (Å²) in [6.45, 7) is 1.73. The van der Waals surface area contributed by atoms with Gasteiger partial charge in [-0.3, -0.25) is 15.5 Å². The van der Waals surface area contributed by atoms with Crippen LogP contribution < -0.4 is 10.7 Å². The van der Waals surface area contributed by atoms with Crippen molar-refractivity contribution in [1.82, 2.24) is 5.43 Å². The second-order valence-electron chi connectivity index (χ2n) is 4.54. The second-order valence-corrected chi connectivity index (χ2v) is 4.95. The van der Waals surface area contributed by atoms with E-state index >= 15 is 0 Å². The predicted octanol–water partition coefficient (Wildman–Crippen LogP) is 3.44. The standard InChI is InChI=1S/C15H13FN4O2S/c1-10(11-6-8-12(16)9-7-11)18-19-15(23)17-13-4-2-3-5-14(13)20(21)22/h2-9H,1H3,(H2,17,19,23)/b18-10-. The van der Waals surface area contributed by atoms with E-state index < -0.39 is 4.92 Å². The third-order valence-corrected chi connectivity index (χ3v) is 3.13. The lowest BCUT2D eigenvalue weighted by atomic mass is 10.1. The van der Waals surface area contributed by atoms with Crippen LogP contribution in [-0.2, 0) is 0 Å². The molecule has 0 spiro atoms. The highest BCUT2D eigenvalue weighted by molar-refractivity contribution is 7.80. The van der Waals surface area contributed by atoms with Gasteiger partial charge in [-0.25, -0.2) is 4.39 Å². The molecule has 0 aliphatic rings. The summed E-state index contributed by atoms with van der Waals surface area (Å²) in [6, 6.07) is 12.0. The van der Waals surface area contributed by atoms with Gasteiger partial charge in [0.15, 0.2) is 5.11 Å². The minimum Gasteiger partial charge on any atom is -0.326 e. The summed E-state index contributed by atoms with van der Waals surface area (Å²) >= 11 is 5.06. The zero-order chi connectivity index (χ0) is 16.8. The maximum Gasteiger partial charge on any atom is 0.292 e. The van der Waals surface area contributed by atoms with Crippen LogP contribution in [0.25, 0.3) is 0 Å². The molecule has 0 atom stereocenters. The van der Waals surface area contributed by atoms with Gasteiger partial charge in [0.05, 0.1) is 10.6 Å². The number of benzene rings is 2. The third kappa shape index (κ3) is 4.55. The van der Waals surface area contributed by atoms with Gasteiger partial charge in [-0.2, -0.15) is 5.10 Å². The highest BCUT2D eigenvalue weighted by atomic mass is 32.1. The van der Waals surface area contributed by atoms with Gasteiger partial charge in [0.25, 0.3) is 5.69 Å². The van der Waals surface area contributed by atoms with Crippen LogP contribution in [0.3, 0.4) is 0 Å². The monoisotopic (exact) mass is 332 g/mol. The molecule has 0 saturated carbocycles. The SMILES string of the molecule is C/C(=N/NC(=S)Nc1ccccc1[N+](=O)[O-])c1ccc(F)cc1. The Balaban J connectivity index is 2.04. The lowest BCUT2D eigenvalue weighted by Gasteiger charge is -2.08. The first kappa shape index (κ1) is 16.5. The van der Waals surface area contributed by atoms with Crippen LogP contribution in [0.5, 0.6) is 0 Å². The lowest BCUT2D eigenvalue weighted by molar-refractivity contribution is -0.383. The molecular formula is C15H13FN4O2S. The van der Waals surface area contributed by atoms with Crippen molar-refractivity contribution in [2.75, 3.05) is 5.32 Å². The van der Waals surface area contributed by atoms with E-state index in [2.05, 4.69) is 15.8 Å². The number of para-hydroxylation sites is 2. The zero-order valence-corrected chi connectivity index (χ0v) is 12.9. The summed E-state index contributed by atoms with van der Waals surface area (Å²) in [7, 11) is 0. The molecule has 0 unspecified atom stereocenters. The molecule has 8 heteroatoms. The summed E-state index contributed by atoms with van der Waals surface area (Å²) < 4.78 is 12.9. The van der Waals surface area contributed by atoms with Crippen molar-refractivity contribution in [3.8, 4) is 0 Å². The molecule has 23 heavy (non-hydrogen) atoms. The Kier molecular flexibility index (Phi) is 5.32. The van der Waals surface area contributed by atoms with Crippen molar-refractivity contribution in [3.05, 3.63) is 70.0 Å². The van der Waals surface area contributed by atoms with Crippen molar-refractivity contribution in [1.29, 1.82) is 0 Å². The highest BCUT2D eigenvalue weighted by Gasteiger charge is 2.12. The number of hydrogen-bond acceptors (Lipinski definition) is 4. The van der Waals surface area contributed by atoms with Crippen LogP contribution in [0.4, 0.5) is 15.8 Å². The normalized spacial score (nSPS) is 11.0. The molecule has 0 aliphatic carbocycles. The number of anilines is 1. The van der Waals surface area contributed by atoms with Crippen molar-refractivity contribution in [2.45, 2.75) is 6.92 Å². The topological polar surface area (TPSA) is 79.6 Å². The first-order chi connectivity index (χ1) is 11.0. The molecular weight excluding hydrogens is 319 g/mol. The largest absolute Gasteiger partial charge is 0.326 e. The van der Waals surface area contributed by atoms with Crippen LogP contribution in [-0.4, -0.2) is 15.7 Å². The number of nitro groups is 1. The van der Waals surface area contributed by atoms with Gasteiger partial charge in [-0.05, 0) is 42.9 Å². The van der Waals surface area contributed by atoms with Gasteiger partial charge in [0, 0.05) is 6.07 Å². The first-order valence-corrected chi connectivity index (χ1v) is 6.99. The molecule has 0 radical (unpaired) electrons. The van der Waals surface area contributed by atoms with E-state index in [1.165, 1.54) is 18.2 Å². The molecule has 2 rings (SSSR count). The van der Waals surface area contributed by atoms with Crippen LogP contribution in [0, 0.1) is 15.9 Å². The van der Waals surface area contributed by atoms with E-state index in [9.17, 15) is 14.5 Å². The van der Waals surface area contributed by atoms with E-state index in [1.807, 2.05) is 0 Å². The summed E-state index contributed by atoms with van der Waals surface area (Å²) in [5.74, 6) is -0.330. The van der Waals surface area contributed by atoms with Gasteiger partial charge in [-0.15, -0.1) is 0 Å². The number of thiocarbonyl (C=S) groups is 1. The maximum absolute atomic E-state index is 12.9. The molecule has 6 nitrogen and oxygen atoms in total. The van der Waals surface area contributed by atoms with Gasteiger partial charge < -0.3 is 5.32 Å². The highest BCUT2D eigenvalue weighted by Crippen LogP contribution is 2.22. The predicted molar refractivity (Wildman–Crippen MR) is 91.1 cm³/mol. The minimum atomic E-state index is -0.502. The summed E-state index contributed by atoms with van der Waals surface area (Å²) in [5, 5.41) is 17.8. The van der Waals surface area contributed by atoms with Crippen molar-refractivity contribution < 1.29 is 9.31 Å². The van der Waals surface area contributed by atoms with Gasteiger partial charge in [0.1, 0.15) is 11.5 Å². The van der Waals surface area contributed by atoms with Gasteiger partial charge in [0.2, 0.25) is 0 Å². The Morgan fingerprint density at radius 1 is 1.22 bits per heavy atom. The van der Waals surface area contributed by atoms with E-state index in [4.69, 9.17) is 12.2 Å². The molecule has 118 valence electrons. The summed E-state index contributed by atoms with van der Waals surface area (Å²) in [4.78, 5) is 10.4. The fourth-order valence-electron chi connectivity index (χ4n) is 1.78. The van der Waals surface area contributed by atoms with Crippen LogP contribution in [0.1, 0.15) is 12.5 Å². The molecule has 2 aromatic carbocycles. The van der Waals surface area contributed by atoms with Crippen LogP contribution >= 0.6 is 12.2 Å². The third-order valence-electron chi connectivity index (χ3n) is 2.94. The molecule has 0 aliphatic heterocycles. The number of hydrogen-bond donors (Lipinski definition) is 2. The van der Waals surface area contributed by atoms with E-state index in [0.717, 1.165) is 5.56 Å². The Hall–Kier alpha value is -2.87. The number of rotatable bonds is 4. The Bertz CT molecular complexity index is 762. The molecule has 0 amide bonds. The molecule has 2 aromatic rings. The molecule has 0 bridgehead atoms. The first-order valence-electron chi connectivity index (χ1n) is 6.58. The van der Waals surface area contributed by atoms with E-state index in [-0.39, 0.29) is 22.3 Å². The fourth-order valence-corrected chi connectivity index (χ4v) is 1.93. The average molecular weight is 332 g/mol. The van der Waals surface area contributed by atoms with Crippen LogP contribution in [0.15, 0.2) is 53.6 Å². The molecule has 0 heterocycles. The van der Waals surface area contributed by atoms with Crippen molar-refractivity contribution in [3.63, 3.8) is 0 Å². The zero-order valence-electron chi connectivity index (χ0n) is 12.1. The molecule has 2 N–H and O–H groups in total. The van der Waals surface area contributed by atoms with Crippen molar-refractivity contribution >= 4 is 34.4 Å². The van der Waals surface area contributed by atoms with E-state index in [1.54, 1.807) is 37.3 Å². The second kappa shape index (κ2) is 7.41. The van der Waals surface area contributed by atoms with Crippen LogP contribution in [0.2, 0.25) is 0 Å². The number of nitro benzene ring substituents is 1. The summed E-state index contributed by atoms with van der Waals surface area (Å²) in [5.41, 5.74) is 4.11. The smallest absolute Gasteiger partial charge is 0.292 e. The average Bonchev–Trinajstić information content (AvgIpc) is 2.53. The number of nitrogens with zero attached hydrogens (tertiary/aromatic N) is 2. The minimum absolute atomic E-state index is 0.0871. The number of halogens is 1. The fraction of sp³-hybridized carbons (Fsp3) is 0.0667. The lowest BCUT2D eigenvalue weighted by Crippen LogP contribution is -2.25. The quantitative estimate of drug-likeness (QED) is 0.388. The molecule has 0 fully saturated rings. The Morgan fingerprint density at radius 2 is 1.87 bits per heavy atom. The molecule has 0 aromatic heterocycles. The maximum atomic E-state index is 12.9. The Labute approximate surface area is 137 Å². The van der Waals surface area contributed by atoms with Gasteiger partial charge >= 0.3 is 0 Å². The summed E-state index contributed by atoms with van der Waals surface area (Å²) in [6.07, 6.45) is 0. The van der Waals surface area contributed by atoms with Gasteiger partial charge in [-0.1, -0.05) is 24.3 Å². The number of nitrogens with one attached hydrogen (secondary N) is 2. The Morgan fingerprint density at radius 3 is 2.52 bits per heavy atom. The molecule has 0 saturated heterocycles.